The standard InChI is InChI=1S/C11H11N3O7/c12-11(19)6-1-2-7(14(20)21)8(3-6)13(4-9(15)16)5-10(17)18/h1-3H,4-5H2,(H2,12,19)(H,15,16)(H,17,18). The van der Waals surface area contributed by atoms with Crippen LogP contribution in [0.2, 0.25) is 0 Å². The summed E-state index contributed by atoms with van der Waals surface area (Å²) in [5.41, 5.74) is 4.12. The Morgan fingerprint density at radius 1 is 1.19 bits per heavy atom. The van der Waals surface area contributed by atoms with Gasteiger partial charge in [0.1, 0.15) is 18.8 Å². The topological polar surface area (TPSA) is 164 Å². The van der Waals surface area contributed by atoms with Crippen molar-refractivity contribution in [2.75, 3.05) is 18.0 Å². The number of nitrogens with zero attached hydrogens (tertiary/aromatic N) is 2. The van der Waals surface area contributed by atoms with Gasteiger partial charge in [0.25, 0.3) is 5.69 Å². The van der Waals surface area contributed by atoms with Crippen LogP contribution in [0.1, 0.15) is 10.4 Å². The largest absolute Gasteiger partial charge is 0.480 e. The third kappa shape index (κ3) is 4.16. The highest BCUT2D eigenvalue weighted by Gasteiger charge is 2.24. The van der Waals surface area contributed by atoms with Gasteiger partial charge < -0.3 is 20.8 Å². The SMILES string of the molecule is NC(=O)c1ccc([N+](=O)[O-])c(N(CC(=O)O)CC(=O)O)c1. The van der Waals surface area contributed by atoms with Crippen molar-refractivity contribution in [1.29, 1.82) is 0 Å². The first-order valence-corrected chi connectivity index (χ1v) is 5.49. The van der Waals surface area contributed by atoms with Crippen LogP contribution in [0.15, 0.2) is 18.2 Å². The Kier molecular flexibility index (Phi) is 4.78. The van der Waals surface area contributed by atoms with Crippen LogP contribution in [-0.2, 0) is 9.59 Å². The molecule has 0 heterocycles. The zero-order chi connectivity index (χ0) is 16.2. The van der Waals surface area contributed by atoms with Gasteiger partial charge in [-0.05, 0) is 12.1 Å². The van der Waals surface area contributed by atoms with Crippen LogP contribution in [0.4, 0.5) is 11.4 Å². The fraction of sp³-hybridized carbons (Fsp3) is 0.182. The minimum atomic E-state index is -1.38. The van der Waals surface area contributed by atoms with Crippen LogP contribution in [0.25, 0.3) is 0 Å². The minimum absolute atomic E-state index is 0.101. The molecule has 21 heavy (non-hydrogen) atoms. The molecule has 1 amide bonds. The first kappa shape index (κ1) is 15.9. The molecule has 0 saturated carbocycles. The molecule has 0 unspecified atom stereocenters. The summed E-state index contributed by atoms with van der Waals surface area (Å²) in [5, 5.41) is 28.5. The van der Waals surface area contributed by atoms with Gasteiger partial charge in [0.2, 0.25) is 5.91 Å². The minimum Gasteiger partial charge on any atom is -0.480 e. The van der Waals surface area contributed by atoms with Crippen LogP contribution < -0.4 is 10.6 Å². The fourth-order valence-corrected chi connectivity index (χ4v) is 1.64. The Bertz CT molecular complexity index is 598. The van der Waals surface area contributed by atoms with Crippen molar-refractivity contribution in [2.24, 2.45) is 5.73 Å². The molecule has 1 rings (SSSR count). The summed E-state index contributed by atoms with van der Waals surface area (Å²) in [7, 11) is 0. The van der Waals surface area contributed by atoms with E-state index < -0.39 is 41.5 Å². The van der Waals surface area contributed by atoms with Crippen LogP contribution >= 0.6 is 0 Å². The zero-order valence-electron chi connectivity index (χ0n) is 10.6. The number of carbonyl (C=O) groups excluding carboxylic acids is 1. The van der Waals surface area contributed by atoms with E-state index in [1.165, 1.54) is 0 Å². The van der Waals surface area contributed by atoms with Crippen LogP contribution in [0.5, 0.6) is 0 Å². The Labute approximate surface area is 117 Å². The number of rotatable bonds is 7. The molecule has 1 aromatic carbocycles. The predicted octanol–water partition coefficient (Wildman–Crippen LogP) is -0.331. The van der Waals surface area contributed by atoms with Gasteiger partial charge in [-0.25, -0.2) is 0 Å². The number of nitro groups is 1. The number of anilines is 1. The number of nitrogens with two attached hydrogens (primary N) is 1. The van der Waals surface area contributed by atoms with E-state index in [2.05, 4.69) is 0 Å². The first-order chi connectivity index (χ1) is 9.72. The second-order valence-electron chi connectivity index (χ2n) is 3.97. The van der Waals surface area contributed by atoms with Crippen molar-refractivity contribution < 1.29 is 29.5 Å². The number of nitro benzene ring substituents is 1. The smallest absolute Gasteiger partial charge is 0.323 e. The Hall–Kier alpha value is -3.17. The monoisotopic (exact) mass is 297 g/mol. The zero-order valence-corrected chi connectivity index (χ0v) is 10.6. The summed E-state index contributed by atoms with van der Waals surface area (Å²) < 4.78 is 0. The molecule has 0 fully saturated rings. The van der Waals surface area contributed by atoms with Gasteiger partial charge in [-0.3, -0.25) is 24.5 Å². The Balaban J connectivity index is 3.40. The van der Waals surface area contributed by atoms with Crippen molar-refractivity contribution in [1.82, 2.24) is 0 Å². The molecule has 10 heteroatoms. The van der Waals surface area contributed by atoms with E-state index in [0.717, 1.165) is 23.1 Å². The number of primary amides is 1. The molecule has 0 aliphatic rings. The predicted molar refractivity (Wildman–Crippen MR) is 69.1 cm³/mol. The molecule has 1 aromatic rings. The average Bonchev–Trinajstić information content (AvgIpc) is 2.35. The van der Waals surface area contributed by atoms with Gasteiger partial charge in [-0.1, -0.05) is 0 Å². The molecule has 112 valence electrons. The molecule has 0 saturated heterocycles. The van der Waals surface area contributed by atoms with E-state index in [0.29, 0.717) is 0 Å². The second-order valence-corrected chi connectivity index (χ2v) is 3.97. The molecule has 10 nitrogen and oxygen atoms in total. The lowest BCUT2D eigenvalue weighted by Gasteiger charge is -2.20. The Morgan fingerprint density at radius 2 is 1.71 bits per heavy atom. The number of benzene rings is 1. The number of carbonyl (C=O) groups is 3. The van der Waals surface area contributed by atoms with Crippen LogP contribution in [0, 0.1) is 10.1 Å². The first-order valence-electron chi connectivity index (χ1n) is 5.49. The summed E-state index contributed by atoms with van der Waals surface area (Å²) in [5.74, 6) is -3.64. The van der Waals surface area contributed by atoms with E-state index in [1.807, 2.05) is 0 Å². The van der Waals surface area contributed by atoms with E-state index >= 15 is 0 Å². The quantitative estimate of drug-likeness (QED) is 0.454. The summed E-state index contributed by atoms with van der Waals surface area (Å²) >= 11 is 0. The van der Waals surface area contributed by atoms with Gasteiger partial charge in [-0.2, -0.15) is 0 Å². The molecule has 0 aliphatic carbocycles. The second kappa shape index (κ2) is 6.32. The molecule has 0 spiro atoms. The number of aliphatic carboxylic acids is 2. The molecule has 0 aliphatic heterocycles. The fourth-order valence-electron chi connectivity index (χ4n) is 1.64. The highest BCUT2D eigenvalue weighted by molar-refractivity contribution is 5.95. The van der Waals surface area contributed by atoms with Gasteiger partial charge in [-0.15, -0.1) is 0 Å². The average molecular weight is 297 g/mol. The van der Waals surface area contributed by atoms with Crippen LogP contribution in [0.3, 0.4) is 0 Å². The maximum absolute atomic E-state index is 11.1. The lowest BCUT2D eigenvalue weighted by Crippen LogP contribution is -2.35. The Morgan fingerprint density at radius 3 is 2.10 bits per heavy atom. The summed E-state index contributed by atoms with van der Waals surface area (Å²) in [6, 6.07) is 3.06. The third-order valence-corrected chi connectivity index (χ3v) is 2.45. The molecule has 0 aromatic heterocycles. The lowest BCUT2D eigenvalue weighted by atomic mass is 10.1. The highest BCUT2D eigenvalue weighted by Crippen LogP contribution is 2.29. The number of carboxylic acids is 2. The maximum Gasteiger partial charge on any atom is 0.323 e. The number of carboxylic acid groups (broad SMARTS) is 2. The number of amides is 1. The van der Waals surface area contributed by atoms with Crippen molar-refractivity contribution in [2.45, 2.75) is 0 Å². The van der Waals surface area contributed by atoms with E-state index in [1.54, 1.807) is 0 Å². The van der Waals surface area contributed by atoms with Crippen molar-refractivity contribution in [3.8, 4) is 0 Å². The van der Waals surface area contributed by atoms with E-state index in [-0.39, 0.29) is 11.3 Å². The molecular weight excluding hydrogens is 286 g/mol. The van der Waals surface area contributed by atoms with Crippen molar-refractivity contribution in [3.05, 3.63) is 33.9 Å². The van der Waals surface area contributed by atoms with Gasteiger partial charge in [0.15, 0.2) is 0 Å². The number of hydrogen-bond donors (Lipinski definition) is 3. The molecule has 0 radical (unpaired) electrons. The van der Waals surface area contributed by atoms with Crippen molar-refractivity contribution in [3.63, 3.8) is 0 Å². The van der Waals surface area contributed by atoms with Crippen molar-refractivity contribution >= 4 is 29.2 Å². The molecular formula is C11H11N3O7. The van der Waals surface area contributed by atoms with Gasteiger partial charge in [0.05, 0.1) is 4.92 Å². The molecule has 4 N–H and O–H groups in total. The highest BCUT2D eigenvalue weighted by atomic mass is 16.6. The maximum atomic E-state index is 11.1. The molecule has 0 atom stereocenters. The summed E-state index contributed by atoms with van der Waals surface area (Å²) in [6.07, 6.45) is 0. The van der Waals surface area contributed by atoms with Crippen LogP contribution in [-0.4, -0.2) is 46.1 Å². The summed E-state index contributed by atoms with van der Waals surface area (Å²) in [6.45, 7) is -1.56. The molecule has 0 bridgehead atoms. The summed E-state index contributed by atoms with van der Waals surface area (Å²) in [4.78, 5) is 43.5. The van der Waals surface area contributed by atoms with Gasteiger partial charge >= 0.3 is 11.9 Å². The van der Waals surface area contributed by atoms with E-state index in [9.17, 15) is 24.5 Å². The third-order valence-electron chi connectivity index (χ3n) is 2.45. The van der Waals surface area contributed by atoms with Gasteiger partial charge in [0, 0.05) is 11.6 Å². The van der Waals surface area contributed by atoms with E-state index in [4.69, 9.17) is 15.9 Å². The normalized spacial score (nSPS) is 9.90. The lowest BCUT2D eigenvalue weighted by molar-refractivity contribution is -0.384. The number of hydrogen-bond acceptors (Lipinski definition) is 6.